The second kappa shape index (κ2) is 6.06. The summed E-state index contributed by atoms with van der Waals surface area (Å²) in [6.07, 6.45) is 3.63. The van der Waals surface area contributed by atoms with Crippen molar-refractivity contribution in [1.29, 1.82) is 0 Å². The van der Waals surface area contributed by atoms with E-state index in [4.69, 9.17) is 0 Å². The second-order valence-corrected chi connectivity index (χ2v) is 7.50. The molecule has 2 atom stereocenters. The number of benzene rings is 1. The molecule has 2 aromatic rings. The minimum Gasteiger partial charge on any atom is -0.321 e. The highest BCUT2D eigenvalue weighted by atomic mass is 32.1. The van der Waals surface area contributed by atoms with Gasteiger partial charge in [-0.3, -0.25) is 4.79 Å². The number of fused-ring (bicyclic) bond motifs is 1. The molecular weight excluding hydrogens is 311 g/mol. The third-order valence-electron chi connectivity index (χ3n) is 4.84. The van der Waals surface area contributed by atoms with E-state index in [1.807, 2.05) is 11.3 Å². The van der Waals surface area contributed by atoms with Crippen LogP contribution in [0.2, 0.25) is 0 Å². The Balaban J connectivity index is 1.45. The summed E-state index contributed by atoms with van der Waals surface area (Å²) in [5.74, 6) is 0.455. The summed E-state index contributed by atoms with van der Waals surface area (Å²) >= 11 is 1.85. The first-order valence-corrected chi connectivity index (χ1v) is 9.05. The van der Waals surface area contributed by atoms with Crippen LogP contribution in [0, 0.1) is 11.7 Å². The molecule has 5 heteroatoms. The van der Waals surface area contributed by atoms with Crippen LogP contribution >= 0.6 is 11.3 Å². The molecule has 1 aromatic heterocycles. The molecule has 1 aromatic carbocycles. The fourth-order valence-electron chi connectivity index (χ4n) is 3.64. The van der Waals surface area contributed by atoms with Crippen molar-refractivity contribution >= 4 is 22.9 Å². The third-order valence-corrected chi connectivity index (χ3v) is 5.83. The monoisotopic (exact) mass is 331 g/mol. The van der Waals surface area contributed by atoms with Crippen LogP contribution in [0.15, 0.2) is 35.7 Å². The lowest BCUT2D eigenvalue weighted by Crippen LogP contribution is -3.14. The van der Waals surface area contributed by atoms with Crippen molar-refractivity contribution in [1.82, 2.24) is 0 Å². The fourth-order valence-corrected chi connectivity index (χ4v) is 4.57. The number of carbonyl (C=O) groups is 1. The number of anilines is 1. The fraction of sp³-hybridized carbons (Fsp3) is 0.389. The molecule has 0 saturated heterocycles. The third kappa shape index (κ3) is 3.16. The summed E-state index contributed by atoms with van der Waals surface area (Å²) in [5, 5.41) is 5.07. The van der Waals surface area contributed by atoms with Gasteiger partial charge in [0.2, 0.25) is 0 Å². The van der Waals surface area contributed by atoms with E-state index in [1.54, 1.807) is 12.1 Å². The largest absolute Gasteiger partial charge is 0.321 e. The molecule has 1 aliphatic carbocycles. The summed E-state index contributed by atoms with van der Waals surface area (Å²) in [6, 6.07) is 8.67. The van der Waals surface area contributed by atoms with Crippen LogP contribution in [-0.2, 0) is 11.2 Å². The normalized spacial score (nSPS) is 23.3. The van der Waals surface area contributed by atoms with Crippen LogP contribution in [-0.4, -0.2) is 19.0 Å². The SMILES string of the molecule is O=C(C[NH+]1CCc2sccc2[C@H]1C1CC1)Nc1ccc(F)cc1. The van der Waals surface area contributed by atoms with Crippen LogP contribution in [0.5, 0.6) is 0 Å². The van der Waals surface area contributed by atoms with E-state index >= 15 is 0 Å². The molecule has 23 heavy (non-hydrogen) atoms. The van der Waals surface area contributed by atoms with E-state index in [0.29, 0.717) is 18.3 Å². The molecule has 3 nitrogen and oxygen atoms in total. The molecule has 1 fully saturated rings. The molecule has 2 aliphatic rings. The molecular formula is C18H20FN2OS+. The molecule has 1 aliphatic heterocycles. The molecule has 120 valence electrons. The van der Waals surface area contributed by atoms with Gasteiger partial charge in [0.1, 0.15) is 11.9 Å². The van der Waals surface area contributed by atoms with Crippen LogP contribution in [0.3, 0.4) is 0 Å². The molecule has 1 saturated carbocycles. The number of thiophene rings is 1. The van der Waals surface area contributed by atoms with Gasteiger partial charge in [0, 0.05) is 28.5 Å². The van der Waals surface area contributed by atoms with Crippen molar-refractivity contribution in [2.75, 3.05) is 18.4 Å². The van der Waals surface area contributed by atoms with E-state index in [9.17, 15) is 9.18 Å². The van der Waals surface area contributed by atoms with Crippen molar-refractivity contribution in [2.45, 2.75) is 25.3 Å². The molecule has 0 radical (unpaired) electrons. The first-order valence-electron chi connectivity index (χ1n) is 8.17. The topological polar surface area (TPSA) is 33.5 Å². The van der Waals surface area contributed by atoms with Gasteiger partial charge < -0.3 is 10.2 Å². The number of halogens is 1. The van der Waals surface area contributed by atoms with Gasteiger partial charge in [-0.1, -0.05) is 0 Å². The van der Waals surface area contributed by atoms with Gasteiger partial charge in [-0.05, 0) is 48.6 Å². The first-order chi connectivity index (χ1) is 11.2. The molecule has 0 spiro atoms. The average molecular weight is 331 g/mol. The second-order valence-electron chi connectivity index (χ2n) is 6.50. The maximum absolute atomic E-state index is 12.9. The van der Waals surface area contributed by atoms with Crippen LogP contribution in [0.4, 0.5) is 10.1 Å². The van der Waals surface area contributed by atoms with Crippen molar-refractivity contribution in [3.63, 3.8) is 0 Å². The summed E-state index contributed by atoms with van der Waals surface area (Å²) in [5.41, 5.74) is 2.13. The Labute approximate surface area is 139 Å². The van der Waals surface area contributed by atoms with Gasteiger partial charge in [0.25, 0.3) is 5.91 Å². The smallest absolute Gasteiger partial charge is 0.279 e. The lowest BCUT2D eigenvalue weighted by molar-refractivity contribution is -0.928. The lowest BCUT2D eigenvalue weighted by Gasteiger charge is -2.32. The van der Waals surface area contributed by atoms with E-state index < -0.39 is 0 Å². The van der Waals surface area contributed by atoms with Crippen LogP contribution < -0.4 is 10.2 Å². The molecule has 0 bridgehead atoms. The van der Waals surface area contributed by atoms with E-state index in [-0.39, 0.29) is 11.7 Å². The molecule has 1 unspecified atom stereocenters. The molecule has 2 N–H and O–H groups in total. The number of hydrogen-bond acceptors (Lipinski definition) is 2. The number of hydrogen-bond donors (Lipinski definition) is 2. The van der Waals surface area contributed by atoms with E-state index in [0.717, 1.165) is 18.9 Å². The maximum Gasteiger partial charge on any atom is 0.279 e. The molecule has 2 heterocycles. The van der Waals surface area contributed by atoms with Crippen molar-refractivity contribution in [3.8, 4) is 0 Å². The van der Waals surface area contributed by atoms with Crippen LogP contribution in [0.25, 0.3) is 0 Å². The van der Waals surface area contributed by atoms with Gasteiger partial charge in [-0.2, -0.15) is 0 Å². The van der Waals surface area contributed by atoms with Gasteiger partial charge >= 0.3 is 0 Å². The van der Waals surface area contributed by atoms with Gasteiger partial charge in [0.05, 0.1) is 6.54 Å². The number of quaternary nitrogens is 1. The summed E-state index contributed by atoms with van der Waals surface area (Å²) < 4.78 is 12.9. The number of carbonyl (C=O) groups excluding carboxylic acids is 1. The predicted octanol–water partition coefficient (Wildman–Crippen LogP) is 2.42. The summed E-state index contributed by atoms with van der Waals surface area (Å²) in [4.78, 5) is 15.3. The Morgan fingerprint density at radius 2 is 2.04 bits per heavy atom. The summed E-state index contributed by atoms with van der Waals surface area (Å²) in [6.45, 7) is 1.50. The Kier molecular flexibility index (Phi) is 3.91. The maximum atomic E-state index is 12.9. The zero-order valence-electron chi connectivity index (χ0n) is 12.8. The average Bonchev–Trinajstić information content (AvgIpc) is 3.26. The highest BCUT2D eigenvalue weighted by molar-refractivity contribution is 7.10. The molecule has 4 rings (SSSR count). The van der Waals surface area contributed by atoms with Crippen molar-refractivity contribution < 1.29 is 14.1 Å². The van der Waals surface area contributed by atoms with Gasteiger partial charge in [-0.25, -0.2) is 4.39 Å². The number of rotatable bonds is 4. The minimum atomic E-state index is -0.288. The minimum absolute atomic E-state index is 0.0101. The van der Waals surface area contributed by atoms with Crippen LogP contribution in [0.1, 0.15) is 29.3 Å². The Bertz CT molecular complexity index is 708. The highest BCUT2D eigenvalue weighted by Crippen LogP contribution is 2.42. The Morgan fingerprint density at radius 1 is 1.26 bits per heavy atom. The van der Waals surface area contributed by atoms with Crippen molar-refractivity contribution in [2.24, 2.45) is 5.92 Å². The first kappa shape index (κ1) is 14.8. The highest BCUT2D eigenvalue weighted by Gasteiger charge is 2.43. The zero-order valence-corrected chi connectivity index (χ0v) is 13.7. The lowest BCUT2D eigenvalue weighted by atomic mass is 9.96. The molecule has 1 amide bonds. The standard InChI is InChI=1S/C18H19FN2OS/c19-13-3-5-14(6-4-13)20-17(22)11-21-9-7-16-15(8-10-23-16)18(21)12-1-2-12/h3-6,8,10,12,18H,1-2,7,9,11H2,(H,20,22)/p+1/t18-/m1/s1. The quantitative estimate of drug-likeness (QED) is 0.886. The van der Waals surface area contributed by atoms with Gasteiger partial charge in [0.15, 0.2) is 6.54 Å². The predicted molar refractivity (Wildman–Crippen MR) is 89.2 cm³/mol. The Hall–Kier alpha value is -1.72. The number of nitrogens with one attached hydrogen (secondary N) is 2. The number of amides is 1. The van der Waals surface area contributed by atoms with E-state index in [2.05, 4.69) is 16.8 Å². The Morgan fingerprint density at radius 3 is 2.78 bits per heavy atom. The van der Waals surface area contributed by atoms with Gasteiger partial charge in [-0.15, -0.1) is 11.3 Å². The summed E-state index contributed by atoms with van der Waals surface area (Å²) in [7, 11) is 0. The van der Waals surface area contributed by atoms with Crippen molar-refractivity contribution in [3.05, 3.63) is 52.0 Å². The van der Waals surface area contributed by atoms with E-state index in [1.165, 1.54) is 40.3 Å². The zero-order chi connectivity index (χ0) is 15.8.